The van der Waals surface area contributed by atoms with Crippen LogP contribution in [0.5, 0.6) is 5.75 Å². The summed E-state index contributed by atoms with van der Waals surface area (Å²) in [5, 5.41) is 9.15. The van der Waals surface area contributed by atoms with Crippen molar-refractivity contribution < 1.29 is 9.84 Å². The lowest BCUT2D eigenvalue weighted by atomic mass is 10.1. The maximum Gasteiger partial charge on any atom is 0.115 e. The Labute approximate surface area is 90.9 Å². The summed E-state index contributed by atoms with van der Waals surface area (Å²) in [6.45, 7) is 2.84. The summed E-state index contributed by atoms with van der Waals surface area (Å²) < 4.78 is 5.93. The van der Waals surface area contributed by atoms with Gasteiger partial charge in [-0.05, 0) is 37.5 Å². The van der Waals surface area contributed by atoms with Crippen LogP contribution in [0.3, 0.4) is 0 Å². The van der Waals surface area contributed by atoms with E-state index in [1.54, 1.807) is 12.1 Å². The Hall–Kier alpha value is -1.02. The monoisotopic (exact) mass is 206 g/mol. The van der Waals surface area contributed by atoms with Gasteiger partial charge in [0.25, 0.3) is 0 Å². The van der Waals surface area contributed by atoms with Gasteiger partial charge < -0.3 is 9.84 Å². The Morgan fingerprint density at radius 2 is 1.80 bits per heavy atom. The third kappa shape index (κ3) is 2.72. The van der Waals surface area contributed by atoms with Crippen LogP contribution in [0.25, 0.3) is 0 Å². The summed E-state index contributed by atoms with van der Waals surface area (Å²) in [4.78, 5) is 0. The molecular formula is C13H18O2. The zero-order valence-electron chi connectivity index (χ0n) is 9.20. The Morgan fingerprint density at radius 1 is 1.20 bits per heavy atom. The molecule has 0 aromatic heterocycles. The Balaban J connectivity index is 1.90. The zero-order valence-corrected chi connectivity index (χ0v) is 9.20. The van der Waals surface area contributed by atoms with Crippen molar-refractivity contribution >= 4 is 0 Å². The van der Waals surface area contributed by atoms with Gasteiger partial charge in [0, 0.05) is 0 Å². The molecule has 1 saturated carbocycles. The number of phenolic OH excluding ortho intramolecular Hbond substituents is 1. The van der Waals surface area contributed by atoms with E-state index in [2.05, 4.69) is 6.92 Å². The van der Waals surface area contributed by atoms with Gasteiger partial charge in [-0.15, -0.1) is 0 Å². The normalized spacial score (nSPS) is 19.3. The Bertz CT molecular complexity index is 310. The molecule has 2 heteroatoms. The van der Waals surface area contributed by atoms with E-state index in [0.29, 0.717) is 12.4 Å². The second-order valence-corrected chi connectivity index (χ2v) is 4.61. The molecule has 0 unspecified atom stereocenters. The first-order chi connectivity index (χ1) is 7.18. The minimum atomic E-state index is 0.0812. The first-order valence-corrected chi connectivity index (χ1v) is 5.60. The van der Waals surface area contributed by atoms with E-state index in [1.807, 2.05) is 12.1 Å². The number of benzene rings is 1. The molecule has 1 N–H and O–H groups in total. The van der Waals surface area contributed by atoms with E-state index in [0.717, 1.165) is 5.56 Å². The van der Waals surface area contributed by atoms with Gasteiger partial charge in [0.05, 0.1) is 12.2 Å². The number of hydrogen-bond donors (Lipinski definition) is 1. The van der Waals surface area contributed by atoms with Crippen LogP contribution in [-0.4, -0.2) is 10.7 Å². The molecule has 1 aromatic carbocycles. The van der Waals surface area contributed by atoms with Crippen LogP contribution in [0.1, 0.15) is 38.2 Å². The van der Waals surface area contributed by atoms with Gasteiger partial charge in [0.1, 0.15) is 5.75 Å². The molecule has 1 aliphatic carbocycles. The van der Waals surface area contributed by atoms with Crippen LogP contribution in [0.2, 0.25) is 0 Å². The fourth-order valence-electron chi connectivity index (χ4n) is 2.12. The first-order valence-electron chi connectivity index (χ1n) is 5.60. The lowest BCUT2D eigenvalue weighted by Gasteiger charge is -2.24. The summed E-state index contributed by atoms with van der Waals surface area (Å²) in [6, 6.07) is 7.23. The van der Waals surface area contributed by atoms with Crippen LogP contribution < -0.4 is 0 Å². The van der Waals surface area contributed by atoms with Crippen LogP contribution in [0, 0.1) is 0 Å². The highest BCUT2D eigenvalue weighted by molar-refractivity contribution is 5.25. The molecule has 15 heavy (non-hydrogen) atoms. The summed E-state index contributed by atoms with van der Waals surface area (Å²) in [7, 11) is 0. The average Bonchev–Trinajstić information content (AvgIpc) is 2.65. The molecular weight excluding hydrogens is 188 g/mol. The molecule has 1 fully saturated rings. The van der Waals surface area contributed by atoms with Crippen LogP contribution in [0.15, 0.2) is 24.3 Å². The van der Waals surface area contributed by atoms with Crippen molar-refractivity contribution in [1.82, 2.24) is 0 Å². The molecule has 0 heterocycles. The zero-order chi connectivity index (χ0) is 10.7. The maximum absolute atomic E-state index is 9.15. The molecule has 1 aliphatic rings. The van der Waals surface area contributed by atoms with Gasteiger partial charge in [0.2, 0.25) is 0 Å². The van der Waals surface area contributed by atoms with Gasteiger partial charge >= 0.3 is 0 Å². The second-order valence-electron chi connectivity index (χ2n) is 4.61. The quantitative estimate of drug-likeness (QED) is 0.822. The maximum atomic E-state index is 9.15. The molecule has 0 saturated heterocycles. The van der Waals surface area contributed by atoms with E-state index in [-0.39, 0.29) is 5.60 Å². The average molecular weight is 206 g/mol. The summed E-state index contributed by atoms with van der Waals surface area (Å²) >= 11 is 0. The molecule has 0 aliphatic heterocycles. The third-order valence-corrected chi connectivity index (χ3v) is 3.18. The van der Waals surface area contributed by atoms with Crippen molar-refractivity contribution in [3.63, 3.8) is 0 Å². The third-order valence-electron chi connectivity index (χ3n) is 3.18. The predicted octanol–water partition coefficient (Wildman–Crippen LogP) is 3.24. The largest absolute Gasteiger partial charge is 0.508 e. The second kappa shape index (κ2) is 4.23. The summed E-state index contributed by atoms with van der Waals surface area (Å²) in [5.74, 6) is 0.311. The van der Waals surface area contributed by atoms with Crippen molar-refractivity contribution in [3.8, 4) is 5.75 Å². The molecule has 2 rings (SSSR count). The number of aromatic hydroxyl groups is 1. The number of rotatable bonds is 3. The molecule has 82 valence electrons. The fraction of sp³-hybridized carbons (Fsp3) is 0.538. The smallest absolute Gasteiger partial charge is 0.115 e. The standard InChI is InChI=1S/C13H18O2/c1-13(8-2-3-9-13)15-10-11-4-6-12(14)7-5-11/h4-7,14H,2-3,8-10H2,1H3. The Morgan fingerprint density at radius 3 is 2.40 bits per heavy atom. The number of ether oxygens (including phenoxy) is 1. The lowest BCUT2D eigenvalue weighted by Crippen LogP contribution is -2.23. The van der Waals surface area contributed by atoms with E-state index < -0.39 is 0 Å². The molecule has 1 aromatic rings. The minimum absolute atomic E-state index is 0.0812. The molecule has 0 radical (unpaired) electrons. The van der Waals surface area contributed by atoms with Gasteiger partial charge in [-0.3, -0.25) is 0 Å². The van der Waals surface area contributed by atoms with Gasteiger partial charge in [-0.2, -0.15) is 0 Å². The van der Waals surface area contributed by atoms with Crippen LogP contribution in [-0.2, 0) is 11.3 Å². The topological polar surface area (TPSA) is 29.5 Å². The highest BCUT2D eigenvalue weighted by atomic mass is 16.5. The number of phenols is 1. The van der Waals surface area contributed by atoms with Crippen molar-refractivity contribution in [2.45, 2.75) is 44.8 Å². The van der Waals surface area contributed by atoms with Crippen LogP contribution in [0.4, 0.5) is 0 Å². The Kier molecular flexibility index (Phi) is 2.96. The molecule has 2 nitrogen and oxygen atoms in total. The molecule has 0 spiro atoms. The predicted molar refractivity (Wildman–Crippen MR) is 59.8 cm³/mol. The summed E-state index contributed by atoms with van der Waals surface area (Å²) in [5.41, 5.74) is 1.21. The molecule has 0 atom stereocenters. The van der Waals surface area contributed by atoms with Crippen LogP contribution >= 0.6 is 0 Å². The fourth-order valence-corrected chi connectivity index (χ4v) is 2.12. The minimum Gasteiger partial charge on any atom is -0.508 e. The van der Waals surface area contributed by atoms with Gasteiger partial charge in [0.15, 0.2) is 0 Å². The van der Waals surface area contributed by atoms with Gasteiger partial charge in [-0.25, -0.2) is 0 Å². The SMILES string of the molecule is CC1(OCc2ccc(O)cc2)CCCC1. The van der Waals surface area contributed by atoms with E-state index in [9.17, 15) is 0 Å². The summed E-state index contributed by atoms with van der Waals surface area (Å²) in [6.07, 6.45) is 4.91. The van der Waals surface area contributed by atoms with Crippen molar-refractivity contribution in [3.05, 3.63) is 29.8 Å². The highest BCUT2D eigenvalue weighted by Gasteiger charge is 2.29. The van der Waals surface area contributed by atoms with E-state index in [1.165, 1.54) is 25.7 Å². The van der Waals surface area contributed by atoms with Crippen molar-refractivity contribution in [2.75, 3.05) is 0 Å². The highest BCUT2D eigenvalue weighted by Crippen LogP contribution is 2.33. The lowest BCUT2D eigenvalue weighted by molar-refractivity contribution is -0.0377. The number of hydrogen-bond acceptors (Lipinski definition) is 2. The first kappa shape index (κ1) is 10.5. The van der Waals surface area contributed by atoms with E-state index >= 15 is 0 Å². The van der Waals surface area contributed by atoms with Gasteiger partial charge in [-0.1, -0.05) is 25.0 Å². The van der Waals surface area contributed by atoms with E-state index in [4.69, 9.17) is 9.84 Å². The molecule has 0 bridgehead atoms. The van der Waals surface area contributed by atoms with Crippen molar-refractivity contribution in [2.24, 2.45) is 0 Å². The molecule has 0 amide bonds. The van der Waals surface area contributed by atoms with Crippen molar-refractivity contribution in [1.29, 1.82) is 0 Å².